The first-order valence-corrected chi connectivity index (χ1v) is 10.9. The molecule has 0 spiro atoms. The molecule has 13 heteroatoms. The first kappa shape index (κ1) is 24.5. The number of carbonyl (C=O) groups excluding carboxylic acids is 2. The van der Waals surface area contributed by atoms with Gasteiger partial charge in [-0.2, -0.15) is 18.3 Å². The molecule has 4 rings (SSSR count). The van der Waals surface area contributed by atoms with E-state index in [0.717, 1.165) is 12.1 Å². The number of aliphatic hydroxyl groups excluding tert-OH is 1. The number of hydrogen-bond donors (Lipinski definition) is 3. The predicted octanol–water partition coefficient (Wildman–Crippen LogP) is 3.83. The SMILES string of the molecule is C[C@H]1CN(c2ccc(C(F)(F)F)c(Cl)c2)C(=O)c2c(NC(=O)c3cccnc3NCCO)cnn21. The van der Waals surface area contributed by atoms with Gasteiger partial charge in [0.25, 0.3) is 11.8 Å². The molecule has 0 saturated heterocycles. The largest absolute Gasteiger partial charge is 0.417 e. The van der Waals surface area contributed by atoms with Gasteiger partial charge >= 0.3 is 6.18 Å². The molecule has 35 heavy (non-hydrogen) atoms. The van der Waals surface area contributed by atoms with Crippen LogP contribution in [0.3, 0.4) is 0 Å². The fraction of sp³-hybridized carbons (Fsp3) is 0.273. The maximum absolute atomic E-state index is 13.4. The van der Waals surface area contributed by atoms with Gasteiger partial charge in [0, 0.05) is 25.0 Å². The number of alkyl halides is 3. The molecule has 9 nitrogen and oxygen atoms in total. The normalized spacial score (nSPS) is 15.7. The van der Waals surface area contributed by atoms with Gasteiger partial charge in [-0.15, -0.1) is 0 Å². The van der Waals surface area contributed by atoms with Gasteiger partial charge in [-0.3, -0.25) is 14.3 Å². The average Bonchev–Trinajstić information content (AvgIpc) is 3.23. The molecular weight excluding hydrogens is 489 g/mol. The third kappa shape index (κ3) is 4.80. The average molecular weight is 509 g/mol. The molecule has 1 aliphatic heterocycles. The lowest BCUT2D eigenvalue weighted by molar-refractivity contribution is -0.137. The van der Waals surface area contributed by atoms with Gasteiger partial charge in [0.2, 0.25) is 0 Å². The summed E-state index contributed by atoms with van der Waals surface area (Å²) in [5.41, 5.74) is -0.426. The van der Waals surface area contributed by atoms with Crippen LogP contribution in [0.4, 0.5) is 30.4 Å². The Kier molecular flexibility index (Phi) is 6.68. The van der Waals surface area contributed by atoms with Crippen LogP contribution < -0.4 is 15.5 Å². The number of carbonyl (C=O) groups is 2. The van der Waals surface area contributed by atoms with E-state index in [9.17, 15) is 22.8 Å². The van der Waals surface area contributed by atoms with Crippen molar-refractivity contribution in [1.82, 2.24) is 14.8 Å². The van der Waals surface area contributed by atoms with Crippen molar-refractivity contribution in [2.24, 2.45) is 0 Å². The fourth-order valence-corrected chi connectivity index (χ4v) is 4.05. The van der Waals surface area contributed by atoms with Crippen molar-refractivity contribution in [3.8, 4) is 0 Å². The Morgan fingerprint density at radius 2 is 2.09 bits per heavy atom. The van der Waals surface area contributed by atoms with Crippen molar-refractivity contribution in [3.05, 3.63) is 64.6 Å². The minimum absolute atomic E-state index is 0.0712. The third-order valence-corrected chi connectivity index (χ3v) is 5.69. The van der Waals surface area contributed by atoms with E-state index in [1.165, 1.54) is 34.1 Å². The van der Waals surface area contributed by atoms with Crippen LogP contribution in [0.1, 0.15) is 39.4 Å². The Bertz CT molecular complexity index is 1280. The molecule has 3 aromatic rings. The zero-order chi connectivity index (χ0) is 25.3. The van der Waals surface area contributed by atoms with Crippen molar-refractivity contribution in [2.75, 3.05) is 35.2 Å². The van der Waals surface area contributed by atoms with Crippen molar-refractivity contribution < 1.29 is 27.9 Å². The summed E-state index contributed by atoms with van der Waals surface area (Å²) in [5.74, 6) is -0.873. The number of anilines is 3. The van der Waals surface area contributed by atoms with Crippen LogP contribution in [0.25, 0.3) is 0 Å². The molecule has 3 heterocycles. The molecule has 3 N–H and O–H groups in total. The molecule has 0 fully saturated rings. The van der Waals surface area contributed by atoms with E-state index in [1.807, 2.05) is 0 Å². The number of nitrogens with zero attached hydrogens (tertiary/aromatic N) is 4. The number of rotatable bonds is 6. The van der Waals surface area contributed by atoms with E-state index in [-0.39, 0.29) is 54.2 Å². The lowest BCUT2D eigenvalue weighted by Gasteiger charge is -2.32. The lowest BCUT2D eigenvalue weighted by atomic mass is 10.1. The third-order valence-electron chi connectivity index (χ3n) is 5.38. The summed E-state index contributed by atoms with van der Waals surface area (Å²) in [5, 5.41) is 18.2. The minimum Gasteiger partial charge on any atom is -0.395 e. The maximum Gasteiger partial charge on any atom is 0.417 e. The number of amides is 2. The van der Waals surface area contributed by atoms with E-state index in [4.69, 9.17) is 16.7 Å². The van der Waals surface area contributed by atoms with Gasteiger partial charge in [-0.25, -0.2) is 4.98 Å². The molecule has 1 aliphatic rings. The highest BCUT2D eigenvalue weighted by atomic mass is 35.5. The first-order chi connectivity index (χ1) is 16.6. The number of aliphatic hydroxyl groups is 1. The van der Waals surface area contributed by atoms with Gasteiger partial charge in [-0.05, 0) is 37.3 Å². The topological polar surface area (TPSA) is 112 Å². The highest BCUT2D eigenvalue weighted by Crippen LogP contribution is 2.38. The molecule has 2 aromatic heterocycles. The van der Waals surface area contributed by atoms with Gasteiger partial charge in [-0.1, -0.05) is 11.6 Å². The highest BCUT2D eigenvalue weighted by molar-refractivity contribution is 6.31. The molecule has 1 aromatic carbocycles. The number of fused-ring (bicyclic) bond motifs is 1. The van der Waals surface area contributed by atoms with E-state index < -0.39 is 28.6 Å². The van der Waals surface area contributed by atoms with E-state index in [2.05, 4.69) is 20.7 Å². The van der Waals surface area contributed by atoms with Crippen molar-refractivity contribution in [3.63, 3.8) is 0 Å². The number of nitrogens with one attached hydrogen (secondary N) is 2. The fourth-order valence-electron chi connectivity index (χ4n) is 3.77. The second-order valence-corrected chi connectivity index (χ2v) is 8.19. The van der Waals surface area contributed by atoms with Crippen LogP contribution >= 0.6 is 11.6 Å². The summed E-state index contributed by atoms with van der Waals surface area (Å²) in [6.07, 6.45) is -1.80. The first-order valence-electron chi connectivity index (χ1n) is 10.5. The molecular formula is C22H20ClF3N6O3. The number of pyridine rings is 1. The van der Waals surface area contributed by atoms with Crippen LogP contribution in [-0.2, 0) is 6.18 Å². The summed E-state index contributed by atoms with van der Waals surface area (Å²) in [6, 6.07) is 5.85. The van der Waals surface area contributed by atoms with Crippen LogP contribution in [0.15, 0.2) is 42.7 Å². The predicted molar refractivity (Wildman–Crippen MR) is 123 cm³/mol. The molecule has 0 radical (unpaired) electrons. The van der Waals surface area contributed by atoms with E-state index >= 15 is 0 Å². The Labute approximate surface area is 202 Å². The van der Waals surface area contributed by atoms with E-state index in [1.54, 1.807) is 13.0 Å². The second kappa shape index (κ2) is 9.55. The molecule has 2 amide bonds. The van der Waals surface area contributed by atoms with Crippen molar-refractivity contribution in [1.29, 1.82) is 0 Å². The lowest BCUT2D eigenvalue weighted by Crippen LogP contribution is -2.43. The van der Waals surface area contributed by atoms with Crippen LogP contribution in [0.5, 0.6) is 0 Å². The maximum atomic E-state index is 13.4. The minimum atomic E-state index is -4.62. The van der Waals surface area contributed by atoms with Crippen LogP contribution in [0, 0.1) is 0 Å². The zero-order valence-electron chi connectivity index (χ0n) is 18.3. The van der Waals surface area contributed by atoms with Crippen molar-refractivity contribution >= 4 is 40.6 Å². The smallest absolute Gasteiger partial charge is 0.395 e. The Hall–Kier alpha value is -3.64. The number of aromatic nitrogens is 3. The summed E-state index contributed by atoms with van der Waals surface area (Å²) in [4.78, 5) is 31.7. The monoisotopic (exact) mass is 508 g/mol. The number of halogens is 4. The summed E-state index contributed by atoms with van der Waals surface area (Å²) >= 11 is 5.86. The molecule has 184 valence electrons. The summed E-state index contributed by atoms with van der Waals surface area (Å²) in [6.45, 7) is 1.94. The molecule has 0 bridgehead atoms. The second-order valence-electron chi connectivity index (χ2n) is 7.78. The quantitative estimate of drug-likeness (QED) is 0.466. The summed E-state index contributed by atoms with van der Waals surface area (Å²) in [7, 11) is 0. The van der Waals surface area contributed by atoms with Crippen molar-refractivity contribution in [2.45, 2.75) is 19.1 Å². The summed E-state index contributed by atoms with van der Waals surface area (Å²) < 4.78 is 40.7. The molecule has 0 aliphatic carbocycles. The van der Waals surface area contributed by atoms with Gasteiger partial charge < -0.3 is 20.6 Å². The zero-order valence-corrected chi connectivity index (χ0v) is 19.1. The van der Waals surface area contributed by atoms with Crippen LogP contribution in [0.2, 0.25) is 5.02 Å². The van der Waals surface area contributed by atoms with E-state index in [0.29, 0.717) is 0 Å². The number of hydrogen-bond acceptors (Lipinski definition) is 6. The Morgan fingerprint density at radius 1 is 1.31 bits per heavy atom. The Morgan fingerprint density at radius 3 is 2.77 bits per heavy atom. The highest BCUT2D eigenvalue weighted by Gasteiger charge is 2.36. The van der Waals surface area contributed by atoms with Crippen LogP contribution in [-0.4, -0.2) is 51.4 Å². The molecule has 1 atom stereocenters. The van der Waals surface area contributed by atoms with Gasteiger partial charge in [0.05, 0.1) is 40.7 Å². The molecule has 0 unspecified atom stereocenters. The number of benzene rings is 1. The standard InChI is InChI=1S/C22H20ClF3N6O3/c1-12-11-31(13-4-5-15(16(23)9-13)22(24,25)26)21(35)18-17(10-29-32(12)18)30-20(34)14-3-2-6-27-19(14)28-7-8-33/h2-6,9-10,12,33H,7-8,11H2,1H3,(H,27,28)(H,30,34)/t12-/m0/s1. The van der Waals surface area contributed by atoms with Gasteiger partial charge in [0.15, 0.2) is 5.69 Å². The molecule has 0 saturated carbocycles. The van der Waals surface area contributed by atoms with Gasteiger partial charge in [0.1, 0.15) is 5.82 Å². The Balaban J connectivity index is 1.64.